The van der Waals surface area contributed by atoms with Crippen molar-refractivity contribution < 1.29 is 5.11 Å². The molecule has 0 unspecified atom stereocenters. The molecule has 0 bridgehead atoms. The minimum atomic E-state index is -0.417. The van der Waals surface area contributed by atoms with Gasteiger partial charge in [-0.15, -0.1) is 12.4 Å². The first-order valence-corrected chi connectivity index (χ1v) is 10.0. The Bertz CT molecular complexity index is 732. The zero-order valence-corrected chi connectivity index (χ0v) is 17.8. The minimum Gasteiger partial charge on any atom is -0.392 e. The molecule has 1 heterocycles. The first kappa shape index (κ1) is 22.4. The van der Waals surface area contributed by atoms with Crippen molar-refractivity contribution in [3.05, 3.63) is 45.5 Å². The smallest absolute Gasteiger partial charge is 0.155 e. The monoisotopic (exact) mass is 432 g/mol. The summed E-state index contributed by atoms with van der Waals surface area (Å²) >= 11 is 12.6. The Labute approximate surface area is 176 Å². The van der Waals surface area contributed by atoms with Crippen LogP contribution < -0.4 is 5.73 Å². The summed E-state index contributed by atoms with van der Waals surface area (Å²) in [6.07, 6.45) is 4.55. The zero-order chi connectivity index (χ0) is 18.7. The Balaban J connectivity index is 0.00000261. The van der Waals surface area contributed by atoms with Gasteiger partial charge in [0.25, 0.3) is 0 Å². The number of nitrogens with zero attached hydrogens (tertiary/aromatic N) is 3. The molecule has 27 heavy (non-hydrogen) atoms. The van der Waals surface area contributed by atoms with Crippen molar-refractivity contribution in [1.29, 1.82) is 0 Å². The van der Waals surface area contributed by atoms with Gasteiger partial charge in [-0.3, -0.25) is 0 Å². The zero-order valence-electron chi connectivity index (χ0n) is 15.4. The lowest BCUT2D eigenvalue weighted by Gasteiger charge is -2.30. The largest absolute Gasteiger partial charge is 0.392 e. The molecule has 3 N–H and O–H groups in total. The lowest BCUT2D eigenvalue weighted by molar-refractivity contribution is 0.0984. The van der Waals surface area contributed by atoms with E-state index >= 15 is 0 Å². The van der Waals surface area contributed by atoms with E-state index in [1.54, 1.807) is 0 Å². The first-order valence-electron chi connectivity index (χ1n) is 9.29. The van der Waals surface area contributed by atoms with E-state index in [1.165, 1.54) is 0 Å². The van der Waals surface area contributed by atoms with E-state index in [2.05, 4.69) is 6.92 Å². The normalized spacial score (nSPS) is 22.5. The fraction of sp³-hybridized carbons (Fsp3) is 0.579. The molecule has 1 aliphatic carbocycles. The molecule has 0 spiro atoms. The molecule has 5 nitrogen and oxygen atoms in total. The topological polar surface area (TPSA) is 77.0 Å². The van der Waals surface area contributed by atoms with Crippen LogP contribution in [0, 0.1) is 0 Å². The van der Waals surface area contributed by atoms with E-state index in [1.807, 2.05) is 22.9 Å². The van der Waals surface area contributed by atoms with Crippen LogP contribution in [0.2, 0.25) is 10.0 Å². The van der Waals surface area contributed by atoms with Gasteiger partial charge in [-0.05, 0) is 43.4 Å². The van der Waals surface area contributed by atoms with Crippen molar-refractivity contribution in [1.82, 2.24) is 14.8 Å². The Kier molecular flexibility index (Phi) is 8.38. The number of aromatic nitrogens is 3. The van der Waals surface area contributed by atoms with E-state index in [9.17, 15) is 5.11 Å². The van der Waals surface area contributed by atoms with Gasteiger partial charge in [-0.2, -0.15) is 5.10 Å². The average molecular weight is 434 g/mol. The van der Waals surface area contributed by atoms with Crippen LogP contribution in [0.3, 0.4) is 0 Å². The van der Waals surface area contributed by atoms with E-state index in [0.29, 0.717) is 22.9 Å². The Morgan fingerprint density at radius 3 is 2.59 bits per heavy atom. The number of benzene rings is 1. The molecule has 0 radical (unpaired) electrons. The fourth-order valence-corrected chi connectivity index (χ4v) is 4.07. The predicted molar refractivity (Wildman–Crippen MR) is 112 cm³/mol. The summed E-state index contributed by atoms with van der Waals surface area (Å²) in [6, 6.07) is 5.30. The third-order valence-corrected chi connectivity index (χ3v) is 5.80. The number of halogens is 3. The highest BCUT2D eigenvalue weighted by molar-refractivity contribution is 6.36. The van der Waals surface area contributed by atoms with Crippen molar-refractivity contribution in [2.45, 2.75) is 70.1 Å². The number of nitrogens with two attached hydrogens (primary N) is 1. The van der Waals surface area contributed by atoms with Gasteiger partial charge in [0.2, 0.25) is 0 Å². The molecule has 150 valence electrons. The molecule has 1 aliphatic rings. The number of aliphatic hydroxyl groups is 1. The van der Waals surface area contributed by atoms with Crippen LogP contribution in [-0.2, 0) is 13.0 Å². The second-order valence-electron chi connectivity index (χ2n) is 7.08. The molecule has 1 aromatic carbocycles. The highest BCUT2D eigenvalue weighted by Crippen LogP contribution is 2.32. The van der Waals surface area contributed by atoms with Crippen LogP contribution in [0.15, 0.2) is 18.2 Å². The van der Waals surface area contributed by atoms with Crippen LogP contribution in [-0.4, -0.2) is 32.0 Å². The van der Waals surface area contributed by atoms with E-state index in [0.717, 1.165) is 49.4 Å². The molecule has 1 saturated carbocycles. The number of unbranched alkanes of at least 4 members (excludes halogenated alkanes) is 1. The molecule has 1 fully saturated rings. The van der Waals surface area contributed by atoms with Crippen molar-refractivity contribution in [2.75, 3.05) is 0 Å². The van der Waals surface area contributed by atoms with Gasteiger partial charge in [-0.25, -0.2) is 9.67 Å². The maximum Gasteiger partial charge on any atom is 0.155 e. The summed E-state index contributed by atoms with van der Waals surface area (Å²) in [7, 11) is 0. The number of rotatable bonds is 6. The molecular formula is C19H27Cl3N4O. The second kappa shape index (κ2) is 10.1. The maximum absolute atomic E-state index is 9.92. The van der Waals surface area contributed by atoms with Crippen molar-refractivity contribution in [3.8, 4) is 0 Å². The van der Waals surface area contributed by atoms with Gasteiger partial charge < -0.3 is 10.8 Å². The molecule has 3 rings (SSSR count). The first-order chi connectivity index (χ1) is 12.5. The summed E-state index contributed by atoms with van der Waals surface area (Å²) in [5.74, 6) is 1.93. The summed E-state index contributed by atoms with van der Waals surface area (Å²) in [5, 5.41) is 15.9. The van der Waals surface area contributed by atoms with E-state index in [4.69, 9.17) is 39.0 Å². The average Bonchev–Trinajstić information content (AvgIpc) is 3.02. The van der Waals surface area contributed by atoms with Gasteiger partial charge in [0, 0.05) is 35.0 Å². The van der Waals surface area contributed by atoms with E-state index in [-0.39, 0.29) is 24.4 Å². The third kappa shape index (κ3) is 5.36. The maximum atomic E-state index is 9.92. The van der Waals surface area contributed by atoms with Crippen molar-refractivity contribution >= 4 is 35.6 Å². The molecule has 0 aliphatic heterocycles. The number of hydrogen-bond donors (Lipinski definition) is 2. The molecule has 8 heteroatoms. The van der Waals surface area contributed by atoms with Crippen LogP contribution in [0.1, 0.15) is 62.2 Å². The summed E-state index contributed by atoms with van der Waals surface area (Å²) in [4.78, 5) is 4.82. The molecule has 2 aromatic rings. The lowest BCUT2D eigenvalue weighted by atomic mass is 9.83. The predicted octanol–water partition coefficient (Wildman–Crippen LogP) is 4.35. The van der Waals surface area contributed by atoms with Crippen LogP contribution in [0.25, 0.3) is 0 Å². The minimum absolute atomic E-state index is 0. The fourth-order valence-electron chi connectivity index (χ4n) is 3.54. The van der Waals surface area contributed by atoms with Gasteiger partial charge in [0.1, 0.15) is 5.82 Å². The molecule has 1 aromatic heterocycles. The highest BCUT2D eigenvalue weighted by Gasteiger charge is 2.30. The van der Waals surface area contributed by atoms with Crippen LogP contribution in [0.5, 0.6) is 0 Å². The quantitative estimate of drug-likeness (QED) is 0.710. The molecule has 0 saturated heterocycles. The number of aryl methyl sites for hydroxylation is 1. The van der Waals surface area contributed by atoms with Gasteiger partial charge in [0.05, 0.1) is 6.10 Å². The van der Waals surface area contributed by atoms with E-state index < -0.39 is 6.10 Å². The van der Waals surface area contributed by atoms with Crippen LogP contribution in [0.4, 0.5) is 0 Å². The molecule has 3 atom stereocenters. The van der Waals surface area contributed by atoms with Crippen molar-refractivity contribution in [2.24, 2.45) is 5.73 Å². The second-order valence-corrected chi connectivity index (χ2v) is 7.90. The summed E-state index contributed by atoms with van der Waals surface area (Å²) < 4.78 is 2.01. The molecular weight excluding hydrogens is 407 g/mol. The Hall–Kier alpha value is -0.850. The Morgan fingerprint density at radius 2 is 1.96 bits per heavy atom. The van der Waals surface area contributed by atoms with Gasteiger partial charge >= 0.3 is 0 Å². The third-order valence-electron chi connectivity index (χ3n) is 5.09. The Morgan fingerprint density at radius 1 is 1.26 bits per heavy atom. The highest BCUT2D eigenvalue weighted by atomic mass is 35.5. The number of hydrogen-bond acceptors (Lipinski definition) is 4. The molecule has 0 amide bonds. The van der Waals surface area contributed by atoms with Gasteiger partial charge in [-0.1, -0.05) is 42.6 Å². The lowest BCUT2D eigenvalue weighted by Crippen LogP contribution is -2.40. The summed E-state index contributed by atoms with van der Waals surface area (Å²) in [6.45, 7) is 3.00. The summed E-state index contributed by atoms with van der Waals surface area (Å²) in [5.41, 5.74) is 6.94. The number of aliphatic hydroxyl groups excluding tert-OH is 1. The van der Waals surface area contributed by atoms with Gasteiger partial charge in [0.15, 0.2) is 5.82 Å². The van der Waals surface area contributed by atoms with Crippen molar-refractivity contribution in [3.63, 3.8) is 0 Å². The standard InChI is InChI=1S/C19H26Cl2N4O.ClH/c1-2-3-9-25-19(12-7-8-17(26)16(22)10-12)23-18(24-25)11-13-14(20)5-4-6-15(13)21;/h4-6,12,16-17,26H,2-3,7-11,22H2,1H3;1H/t12-,16+,17+;/m0./s1. The van der Waals surface area contributed by atoms with Crippen LogP contribution >= 0.6 is 35.6 Å². The SMILES string of the molecule is CCCCn1nc(Cc2c(Cl)cccc2Cl)nc1[C@H]1CC[C@@H](O)[C@H](N)C1.Cl.